The Morgan fingerprint density at radius 3 is 2.64 bits per heavy atom. The summed E-state index contributed by atoms with van der Waals surface area (Å²) < 4.78 is 4.95. The highest BCUT2D eigenvalue weighted by molar-refractivity contribution is 4.85. The number of methoxy groups -OCH3 is 1. The Labute approximate surface area is 68.0 Å². The van der Waals surface area contributed by atoms with Gasteiger partial charge in [-0.05, 0) is 19.9 Å². The largest absolute Gasteiger partial charge is 0.393 e. The quantitative estimate of drug-likeness (QED) is 0.631. The zero-order valence-corrected chi connectivity index (χ0v) is 7.29. The Bertz CT molecular complexity index is 113. The predicted octanol–water partition coefficient (Wildman–Crippen LogP) is 0.0879. The molecule has 0 aliphatic heterocycles. The summed E-state index contributed by atoms with van der Waals surface area (Å²) >= 11 is 0. The third kappa shape index (κ3) is 2.43. The zero-order valence-electron chi connectivity index (χ0n) is 7.29. The van der Waals surface area contributed by atoms with Gasteiger partial charge in [0.25, 0.3) is 0 Å². The maximum Gasteiger partial charge on any atom is 0.0589 e. The monoisotopic (exact) mass is 159 g/mol. The Balaban J connectivity index is 2.06. The molecule has 0 aromatic rings. The highest BCUT2D eigenvalue weighted by atomic mass is 16.5. The number of aliphatic hydroxyl groups is 1. The molecule has 0 atom stereocenters. The van der Waals surface area contributed by atoms with Gasteiger partial charge in [0.15, 0.2) is 0 Å². The number of hydrogen-bond donors (Lipinski definition) is 1. The second-order valence-corrected chi connectivity index (χ2v) is 3.25. The summed E-state index contributed by atoms with van der Waals surface area (Å²) in [7, 11) is 3.79. The van der Waals surface area contributed by atoms with Gasteiger partial charge in [0.1, 0.15) is 0 Å². The fourth-order valence-corrected chi connectivity index (χ4v) is 1.34. The van der Waals surface area contributed by atoms with E-state index in [-0.39, 0.29) is 6.10 Å². The third-order valence-electron chi connectivity index (χ3n) is 2.36. The summed E-state index contributed by atoms with van der Waals surface area (Å²) in [5, 5.41) is 9.03. The molecule has 3 heteroatoms. The molecule has 0 amide bonds. The first-order chi connectivity index (χ1) is 5.24. The number of aliphatic hydroxyl groups excluding tert-OH is 1. The summed E-state index contributed by atoms with van der Waals surface area (Å²) in [5.74, 6) is 0. The molecule has 3 nitrogen and oxygen atoms in total. The van der Waals surface area contributed by atoms with E-state index in [1.54, 1.807) is 7.11 Å². The van der Waals surface area contributed by atoms with Crippen LogP contribution in [-0.2, 0) is 4.74 Å². The van der Waals surface area contributed by atoms with Crippen LogP contribution in [0.15, 0.2) is 0 Å². The lowest BCUT2D eigenvalue weighted by Gasteiger charge is -2.38. The molecular weight excluding hydrogens is 142 g/mol. The van der Waals surface area contributed by atoms with Crippen molar-refractivity contribution >= 4 is 0 Å². The molecule has 1 aliphatic rings. The molecule has 0 saturated heterocycles. The molecule has 1 N–H and O–H groups in total. The Morgan fingerprint density at radius 1 is 1.55 bits per heavy atom. The lowest BCUT2D eigenvalue weighted by molar-refractivity contribution is 0.00437. The second-order valence-electron chi connectivity index (χ2n) is 3.25. The number of nitrogens with zero attached hydrogens (tertiary/aromatic N) is 1. The number of hydrogen-bond acceptors (Lipinski definition) is 3. The van der Waals surface area contributed by atoms with Gasteiger partial charge in [0, 0.05) is 19.7 Å². The predicted molar refractivity (Wildman–Crippen MR) is 43.5 cm³/mol. The smallest absolute Gasteiger partial charge is 0.0589 e. The van der Waals surface area contributed by atoms with Crippen molar-refractivity contribution < 1.29 is 9.84 Å². The molecule has 1 aliphatic carbocycles. The van der Waals surface area contributed by atoms with Crippen molar-refractivity contribution in [3.8, 4) is 0 Å². The van der Waals surface area contributed by atoms with Crippen LogP contribution in [0, 0.1) is 0 Å². The minimum atomic E-state index is -0.0509. The first-order valence-corrected chi connectivity index (χ1v) is 4.11. The van der Waals surface area contributed by atoms with Crippen LogP contribution >= 0.6 is 0 Å². The fourth-order valence-electron chi connectivity index (χ4n) is 1.34. The van der Waals surface area contributed by atoms with Crippen LogP contribution in [-0.4, -0.2) is 49.5 Å². The van der Waals surface area contributed by atoms with Gasteiger partial charge in [-0.1, -0.05) is 0 Å². The van der Waals surface area contributed by atoms with Crippen LogP contribution in [0.4, 0.5) is 0 Å². The van der Waals surface area contributed by atoms with E-state index >= 15 is 0 Å². The lowest BCUT2D eigenvalue weighted by Crippen LogP contribution is -2.46. The summed E-state index contributed by atoms with van der Waals surface area (Å²) in [4.78, 5) is 2.25. The van der Waals surface area contributed by atoms with Crippen LogP contribution in [0.3, 0.4) is 0 Å². The minimum absolute atomic E-state index is 0.0509. The molecule has 1 saturated carbocycles. The fraction of sp³-hybridized carbons (Fsp3) is 1.00. The van der Waals surface area contributed by atoms with Gasteiger partial charge in [0.05, 0.1) is 12.7 Å². The van der Waals surface area contributed by atoms with Gasteiger partial charge in [-0.2, -0.15) is 0 Å². The van der Waals surface area contributed by atoms with Crippen LogP contribution in [0.5, 0.6) is 0 Å². The van der Waals surface area contributed by atoms with Crippen molar-refractivity contribution in [3.63, 3.8) is 0 Å². The van der Waals surface area contributed by atoms with E-state index in [9.17, 15) is 0 Å². The van der Waals surface area contributed by atoms with Gasteiger partial charge >= 0.3 is 0 Å². The van der Waals surface area contributed by atoms with Gasteiger partial charge < -0.3 is 14.7 Å². The number of ether oxygens (including phenoxy) is 1. The van der Waals surface area contributed by atoms with Crippen molar-refractivity contribution in [1.29, 1.82) is 0 Å². The van der Waals surface area contributed by atoms with Gasteiger partial charge in [-0.25, -0.2) is 0 Å². The average molecular weight is 159 g/mol. The first-order valence-electron chi connectivity index (χ1n) is 4.11. The highest BCUT2D eigenvalue weighted by Gasteiger charge is 2.29. The molecule has 1 fully saturated rings. The Morgan fingerprint density at radius 2 is 2.18 bits per heavy atom. The zero-order chi connectivity index (χ0) is 8.27. The topological polar surface area (TPSA) is 32.7 Å². The van der Waals surface area contributed by atoms with Crippen LogP contribution in [0.1, 0.15) is 12.8 Å². The van der Waals surface area contributed by atoms with E-state index < -0.39 is 0 Å². The molecule has 66 valence electrons. The van der Waals surface area contributed by atoms with E-state index in [2.05, 4.69) is 11.9 Å². The molecule has 0 aromatic carbocycles. The molecular formula is C8H17NO2. The van der Waals surface area contributed by atoms with Crippen molar-refractivity contribution in [2.75, 3.05) is 27.3 Å². The summed E-state index contributed by atoms with van der Waals surface area (Å²) in [6, 6.07) is 0.583. The molecule has 11 heavy (non-hydrogen) atoms. The van der Waals surface area contributed by atoms with E-state index in [1.165, 1.54) is 0 Å². The van der Waals surface area contributed by atoms with Gasteiger partial charge in [0.2, 0.25) is 0 Å². The van der Waals surface area contributed by atoms with Crippen LogP contribution in [0.2, 0.25) is 0 Å². The van der Waals surface area contributed by atoms with Crippen LogP contribution < -0.4 is 0 Å². The third-order valence-corrected chi connectivity index (χ3v) is 2.36. The molecule has 1 rings (SSSR count). The number of rotatable bonds is 4. The molecule has 0 spiro atoms. The maximum absolute atomic E-state index is 9.03. The first kappa shape index (κ1) is 8.97. The lowest BCUT2D eigenvalue weighted by atomic mass is 9.88. The summed E-state index contributed by atoms with van der Waals surface area (Å²) in [6.45, 7) is 1.75. The molecule has 0 unspecified atom stereocenters. The van der Waals surface area contributed by atoms with E-state index in [0.717, 1.165) is 26.0 Å². The van der Waals surface area contributed by atoms with Gasteiger partial charge in [-0.15, -0.1) is 0 Å². The summed E-state index contributed by atoms with van der Waals surface area (Å²) in [5.41, 5.74) is 0. The standard InChI is InChI=1S/C8H17NO2/c1-9(3-4-11-2)7-5-8(10)6-7/h7-8,10H,3-6H2,1-2H3. The van der Waals surface area contributed by atoms with Gasteiger partial charge in [-0.3, -0.25) is 0 Å². The minimum Gasteiger partial charge on any atom is -0.393 e. The Kier molecular flexibility index (Phi) is 3.30. The van der Waals surface area contributed by atoms with Crippen LogP contribution in [0.25, 0.3) is 0 Å². The SMILES string of the molecule is COCCN(C)C1CC(O)C1. The van der Waals surface area contributed by atoms with Crippen molar-refractivity contribution in [1.82, 2.24) is 4.90 Å². The highest BCUT2D eigenvalue weighted by Crippen LogP contribution is 2.23. The maximum atomic E-state index is 9.03. The molecule has 0 heterocycles. The summed E-state index contributed by atoms with van der Waals surface area (Å²) in [6.07, 6.45) is 1.81. The normalized spacial score (nSPS) is 30.5. The van der Waals surface area contributed by atoms with E-state index in [4.69, 9.17) is 9.84 Å². The van der Waals surface area contributed by atoms with E-state index in [0.29, 0.717) is 6.04 Å². The van der Waals surface area contributed by atoms with Crippen molar-refractivity contribution in [2.24, 2.45) is 0 Å². The molecule has 0 radical (unpaired) electrons. The number of likely N-dealkylation sites (N-methyl/N-ethyl adjacent to an activating group) is 1. The van der Waals surface area contributed by atoms with Crippen molar-refractivity contribution in [2.45, 2.75) is 25.0 Å². The molecule has 0 aromatic heterocycles. The second kappa shape index (κ2) is 4.04. The average Bonchev–Trinajstić information content (AvgIpc) is 1.94. The van der Waals surface area contributed by atoms with E-state index in [1.807, 2.05) is 0 Å². The molecule has 0 bridgehead atoms. The Hall–Kier alpha value is -0.120. The van der Waals surface area contributed by atoms with Crippen molar-refractivity contribution in [3.05, 3.63) is 0 Å².